The molecule has 15 heteroatoms. The van der Waals surface area contributed by atoms with Crippen LogP contribution in [0.1, 0.15) is 6.92 Å². The highest BCUT2D eigenvalue weighted by Crippen LogP contribution is 2.29. The van der Waals surface area contributed by atoms with Crippen LogP contribution in [0.15, 0.2) is 0 Å². The summed E-state index contributed by atoms with van der Waals surface area (Å²) in [4.78, 5) is 0. The Bertz CT molecular complexity index is 624. The van der Waals surface area contributed by atoms with Crippen LogP contribution in [-0.2, 0) is 23.7 Å². The van der Waals surface area contributed by atoms with E-state index in [0.29, 0.717) is 0 Å². The van der Waals surface area contributed by atoms with Gasteiger partial charge < -0.3 is 74.7 Å². The van der Waals surface area contributed by atoms with Crippen LogP contribution in [0.3, 0.4) is 0 Å². The molecule has 3 aliphatic heterocycles. The minimum Gasteiger partial charge on any atom is -0.394 e. The van der Waals surface area contributed by atoms with Gasteiger partial charge in [-0.25, -0.2) is 0 Å². The van der Waals surface area contributed by atoms with Crippen molar-refractivity contribution in [1.82, 2.24) is 0 Å². The van der Waals surface area contributed by atoms with Crippen LogP contribution in [0.4, 0.5) is 0 Å². The van der Waals surface area contributed by atoms with E-state index in [1.807, 2.05) is 0 Å². The molecule has 0 aromatic rings. The maximum Gasteiger partial charge on any atom is 0.187 e. The van der Waals surface area contributed by atoms with Gasteiger partial charge in [0.25, 0.3) is 0 Å². The quantitative estimate of drug-likeness (QED) is 0.167. The first kappa shape index (κ1) is 27.0. The predicted molar refractivity (Wildman–Crippen MR) is 99.8 cm³/mol. The van der Waals surface area contributed by atoms with Crippen LogP contribution in [-0.4, -0.2) is 156 Å². The van der Waals surface area contributed by atoms with Crippen LogP contribution < -0.4 is 0 Å². The average Bonchev–Trinajstić information content (AvgIpc) is 2.79. The van der Waals surface area contributed by atoms with Crippen LogP contribution in [0, 0.1) is 0 Å². The maximum absolute atomic E-state index is 10.3. The van der Waals surface area contributed by atoms with E-state index in [0.717, 1.165) is 0 Å². The summed E-state index contributed by atoms with van der Waals surface area (Å²) in [6.07, 6.45) is -23.5. The molecular weight excluding hydrogens is 456 g/mol. The largest absolute Gasteiger partial charge is 0.394 e. The molecule has 0 amide bonds. The van der Waals surface area contributed by atoms with E-state index in [2.05, 4.69) is 0 Å². The topological polar surface area (TPSA) is 248 Å². The molecule has 3 aliphatic rings. The van der Waals surface area contributed by atoms with Crippen molar-refractivity contribution in [2.45, 2.75) is 99.0 Å². The Morgan fingerprint density at radius 1 is 0.606 bits per heavy atom. The van der Waals surface area contributed by atoms with Crippen molar-refractivity contribution in [2.24, 2.45) is 0 Å². The third-order valence-corrected chi connectivity index (χ3v) is 6.03. The van der Waals surface area contributed by atoms with Gasteiger partial charge in [0.2, 0.25) is 0 Å². The van der Waals surface area contributed by atoms with E-state index in [9.17, 15) is 51.1 Å². The zero-order valence-electron chi connectivity index (χ0n) is 17.6. The molecule has 10 N–H and O–H groups in total. The number of hydrogen-bond donors (Lipinski definition) is 10. The highest BCUT2D eigenvalue weighted by Gasteiger charge is 2.51. The standard InChI is InChI=1S/C18H32O15/c1-4-7(20)9(22)13(26)17(30-4)29-3-6-8(21)10(23)14(27)18(32-6)33-15-5(2-19)31-16(28)12(25)11(15)24/h4-28H,2-3H2,1H3/t4-,5+,6+,7+,8-,9+,10-,11+,12+,13-,14+,15+,16?,17-,18-/m0/s1. The molecule has 0 saturated carbocycles. The summed E-state index contributed by atoms with van der Waals surface area (Å²) in [6.45, 7) is 0.165. The van der Waals surface area contributed by atoms with Gasteiger partial charge >= 0.3 is 0 Å². The average molecular weight is 488 g/mol. The summed E-state index contributed by atoms with van der Waals surface area (Å²) in [5, 5.41) is 99.4. The van der Waals surface area contributed by atoms with Crippen molar-refractivity contribution in [3.63, 3.8) is 0 Å². The van der Waals surface area contributed by atoms with Crippen LogP contribution in [0.5, 0.6) is 0 Å². The molecule has 0 bridgehead atoms. The molecule has 3 heterocycles. The summed E-state index contributed by atoms with van der Waals surface area (Å²) in [5.41, 5.74) is 0. The van der Waals surface area contributed by atoms with E-state index in [1.165, 1.54) is 6.92 Å². The lowest BCUT2D eigenvalue weighted by molar-refractivity contribution is -0.361. The molecule has 3 rings (SSSR count). The fourth-order valence-electron chi connectivity index (χ4n) is 3.90. The van der Waals surface area contributed by atoms with Gasteiger partial charge in [-0.15, -0.1) is 0 Å². The van der Waals surface area contributed by atoms with Crippen LogP contribution in [0.2, 0.25) is 0 Å². The highest BCUT2D eigenvalue weighted by molar-refractivity contribution is 4.94. The molecule has 33 heavy (non-hydrogen) atoms. The van der Waals surface area contributed by atoms with E-state index in [-0.39, 0.29) is 0 Å². The zero-order chi connectivity index (χ0) is 24.6. The van der Waals surface area contributed by atoms with Gasteiger partial charge in [-0.1, -0.05) is 0 Å². The minimum atomic E-state index is -1.83. The van der Waals surface area contributed by atoms with Gasteiger partial charge in [-0.3, -0.25) is 0 Å². The van der Waals surface area contributed by atoms with Crippen molar-refractivity contribution in [3.05, 3.63) is 0 Å². The summed E-state index contributed by atoms with van der Waals surface area (Å²) in [5.74, 6) is 0. The van der Waals surface area contributed by atoms with Crippen molar-refractivity contribution in [2.75, 3.05) is 13.2 Å². The van der Waals surface area contributed by atoms with E-state index in [1.54, 1.807) is 0 Å². The molecule has 0 radical (unpaired) electrons. The molecular formula is C18H32O15. The first-order chi connectivity index (χ1) is 15.5. The Balaban J connectivity index is 1.66. The Kier molecular flexibility index (Phi) is 8.99. The van der Waals surface area contributed by atoms with E-state index in [4.69, 9.17) is 23.7 Å². The molecule has 194 valence electrons. The monoisotopic (exact) mass is 488 g/mol. The summed E-state index contributed by atoms with van der Waals surface area (Å²) in [6, 6.07) is 0. The van der Waals surface area contributed by atoms with Gasteiger partial charge in [-0.2, -0.15) is 0 Å². The zero-order valence-corrected chi connectivity index (χ0v) is 17.6. The van der Waals surface area contributed by atoms with E-state index < -0.39 is 105 Å². The molecule has 0 aromatic heterocycles. The Morgan fingerprint density at radius 2 is 1.21 bits per heavy atom. The first-order valence-corrected chi connectivity index (χ1v) is 10.4. The number of aliphatic hydroxyl groups is 10. The molecule has 15 atom stereocenters. The normalized spacial score (nSPS) is 53.7. The fraction of sp³-hybridized carbons (Fsp3) is 1.00. The predicted octanol–water partition coefficient (Wildman–Crippen LogP) is -6.55. The second kappa shape index (κ2) is 11.0. The van der Waals surface area contributed by atoms with Gasteiger partial charge in [0.1, 0.15) is 67.1 Å². The van der Waals surface area contributed by atoms with Crippen molar-refractivity contribution in [1.29, 1.82) is 0 Å². The number of rotatable bonds is 6. The number of hydrogen-bond acceptors (Lipinski definition) is 15. The van der Waals surface area contributed by atoms with Crippen molar-refractivity contribution < 1.29 is 74.7 Å². The molecule has 3 saturated heterocycles. The molecule has 0 aliphatic carbocycles. The lowest BCUT2D eigenvalue weighted by Crippen LogP contribution is -2.64. The lowest BCUT2D eigenvalue weighted by Gasteiger charge is -2.45. The van der Waals surface area contributed by atoms with Crippen LogP contribution >= 0.6 is 0 Å². The first-order valence-electron chi connectivity index (χ1n) is 10.4. The van der Waals surface area contributed by atoms with Crippen LogP contribution in [0.25, 0.3) is 0 Å². The summed E-state index contributed by atoms with van der Waals surface area (Å²) < 4.78 is 26.5. The summed E-state index contributed by atoms with van der Waals surface area (Å²) >= 11 is 0. The second-order valence-electron chi connectivity index (χ2n) is 8.36. The number of aliphatic hydroxyl groups excluding tert-OH is 10. The minimum absolute atomic E-state index is 0.531. The SMILES string of the molecule is C[C@@H]1O[C@H](OC[C@H]2O[C@@H](O[C@H]3[C@H](O)[C@@H](O)C(O)O[C@@H]3CO)[C@H](O)[C@@H](O)[C@H]2O)[C@@H](O)[C@H](O)[C@@H]1O. The van der Waals surface area contributed by atoms with Crippen molar-refractivity contribution in [3.8, 4) is 0 Å². The third-order valence-electron chi connectivity index (χ3n) is 6.03. The molecule has 0 spiro atoms. The Morgan fingerprint density at radius 3 is 1.85 bits per heavy atom. The Hall–Kier alpha value is -0.600. The summed E-state index contributed by atoms with van der Waals surface area (Å²) in [7, 11) is 0. The molecule has 0 aromatic carbocycles. The van der Waals surface area contributed by atoms with E-state index >= 15 is 0 Å². The van der Waals surface area contributed by atoms with Crippen molar-refractivity contribution >= 4 is 0 Å². The lowest BCUT2D eigenvalue weighted by atomic mass is 9.97. The maximum atomic E-state index is 10.3. The molecule has 1 unspecified atom stereocenters. The van der Waals surface area contributed by atoms with Gasteiger partial charge in [0.15, 0.2) is 18.9 Å². The highest BCUT2D eigenvalue weighted by atomic mass is 16.7. The molecule has 15 nitrogen and oxygen atoms in total. The second-order valence-corrected chi connectivity index (χ2v) is 8.36. The number of ether oxygens (including phenoxy) is 5. The Labute approximate surface area is 187 Å². The van der Waals surface area contributed by atoms with Gasteiger partial charge in [0.05, 0.1) is 19.3 Å². The third kappa shape index (κ3) is 5.48. The van der Waals surface area contributed by atoms with Gasteiger partial charge in [-0.05, 0) is 6.92 Å². The van der Waals surface area contributed by atoms with Gasteiger partial charge in [0, 0.05) is 0 Å². The fourth-order valence-corrected chi connectivity index (χ4v) is 3.90. The molecule has 3 fully saturated rings. The smallest absolute Gasteiger partial charge is 0.187 e.